The van der Waals surface area contributed by atoms with Crippen molar-refractivity contribution in [2.75, 3.05) is 5.75 Å². The summed E-state index contributed by atoms with van der Waals surface area (Å²) in [6.45, 7) is 1.13. The van der Waals surface area contributed by atoms with Crippen molar-refractivity contribution in [1.29, 1.82) is 5.26 Å². The second kappa shape index (κ2) is 7.06. The minimum atomic E-state index is -0.231. The van der Waals surface area contributed by atoms with Gasteiger partial charge < -0.3 is 4.74 Å². The van der Waals surface area contributed by atoms with E-state index >= 15 is 0 Å². The zero-order valence-electron chi connectivity index (χ0n) is 13.9. The van der Waals surface area contributed by atoms with Crippen LogP contribution in [-0.2, 0) is 13.2 Å². The summed E-state index contributed by atoms with van der Waals surface area (Å²) in [5.74, 6) is 1.58. The van der Waals surface area contributed by atoms with Crippen LogP contribution < -0.4 is 15.3 Å². The molecule has 1 aliphatic heterocycles. The highest BCUT2D eigenvalue weighted by atomic mass is 32.2. The highest BCUT2D eigenvalue weighted by Crippen LogP contribution is 2.25. The van der Waals surface area contributed by atoms with Crippen molar-refractivity contribution in [2.24, 2.45) is 0 Å². The van der Waals surface area contributed by atoms with Gasteiger partial charge in [-0.15, -0.1) is 0 Å². The maximum atomic E-state index is 12.5. The topological polar surface area (TPSA) is 69.2 Å². The number of H-pyrrole nitrogens is 1. The van der Waals surface area contributed by atoms with Gasteiger partial charge in [-0.1, -0.05) is 30.3 Å². The van der Waals surface area contributed by atoms with Gasteiger partial charge >= 0.3 is 10.7 Å². The number of nitrogens with zero attached hydrogens (tertiary/aromatic N) is 2. The van der Waals surface area contributed by atoms with E-state index < -0.39 is 0 Å². The fourth-order valence-corrected chi connectivity index (χ4v) is 3.87. The van der Waals surface area contributed by atoms with Crippen molar-refractivity contribution in [1.82, 2.24) is 4.57 Å². The van der Waals surface area contributed by atoms with E-state index in [1.165, 1.54) is 0 Å². The Morgan fingerprint density at radius 1 is 1.15 bits per heavy atom. The molecule has 0 radical (unpaired) electrons. The van der Waals surface area contributed by atoms with Crippen LogP contribution in [0.4, 0.5) is 0 Å². The van der Waals surface area contributed by atoms with Gasteiger partial charge in [0.25, 0.3) is 0 Å². The molecule has 1 aliphatic rings. The Labute approximate surface area is 154 Å². The van der Waals surface area contributed by atoms with Gasteiger partial charge in [-0.05, 0) is 41.6 Å². The van der Waals surface area contributed by atoms with Crippen LogP contribution in [0, 0.1) is 11.3 Å². The Hall–Kier alpha value is -3.04. The zero-order valence-corrected chi connectivity index (χ0v) is 14.8. The van der Waals surface area contributed by atoms with Gasteiger partial charge in [0, 0.05) is 11.3 Å². The van der Waals surface area contributed by atoms with E-state index in [1.807, 2.05) is 60.7 Å². The van der Waals surface area contributed by atoms with Gasteiger partial charge in [-0.3, -0.25) is 0 Å². The van der Waals surface area contributed by atoms with Crippen molar-refractivity contribution >= 4 is 11.8 Å². The van der Waals surface area contributed by atoms with E-state index in [0.717, 1.165) is 27.8 Å². The fraction of sp³-hybridized carbons (Fsp3) is 0.150. The molecule has 0 saturated carbocycles. The van der Waals surface area contributed by atoms with Crippen LogP contribution in [0.15, 0.2) is 64.5 Å². The van der Waals surface area contributed by atoms with E-state index in [2.05, 4.69) is 4.98 Å². The van der Waals surface area contributed by atoms with E-state index in [1.54, 1.807) is 16.3 Å². The fourth-order valence-electron chi connectivity index (χ4n) is 2.90. The SMILES string of the molecule is N#Cc1c(-c2ccc(OCc3ccccc3)cc2)[nH+]c2n(c1=O)CCS2. The average molecular weight is 362 g/mol. The van der Waals surface area contributed by atoms with Crippen LogP contribution in [0.1, 0.15) is 11.1 Å². The van der Waals surface area contributed by atoms with Crippen molar-refractivity contribution in [3.05, 3.63) is 76.1 Å². The van der Waals surface area contributed by atoms with Gasteiger partial charge in [0.15, 0.2) is 11.3 Å². The summed E-state index contributed by atoms with van der Waals surface area (Å²) >= 11 is 1.59. The predicted octanol–water partition coefficient (Wildman–Crippen LogP) is 2.89. The molecule has 6 heteroatoms. The minimum Gasteiger partial charge on any atom is -0.489 e. The van der Waals surface area contributed by atoms with Crippen LogP contribution in [0.2, 0.25) is 0 Å². The summed E-state index contributed by atoms with van der Waals surface area (Å²) in [6, 6.07) is 19.4. The normalized spacial score (nSPS) is 12.4. The first-order valence-corrected chi connectivity index (χ1v) is 9.25. The van der Waals surface area contributed by atoms with Crippen LogP contribution >= 0.6 is 11.8 Å². The molecule has 0 aliphatic carbocycles. The first-order valence-electron chi connectivity index (χ1n) is 8.26. The van der Waals surface area contributed by atoms with Gasteiger partial charge in [0.1, 0.15) is 25.0 Å². The lowest BCUT2D eigenvalue weighted by Crippen LogP contribution is -2.31. The molecule has 0 saturated heterocycles. The third kappa shape index (κ3) is 3.09. The van der Waals surface area contributed by atoms with Crippen molar-refractivity contribution in [2.45, 2.75) is 18.3 Å². The minimum absolute atomic E-state index is 0.147. The molecular weight excluding hydrogens is 346 g/mol. The quantitative estimate of drug-likeness (QED) is 0.669. The second-order valence-electron chi connectivity index (χ2n) is 5.90. The van der Waals surface area contributed by atoms with Crippen molar-refractivity contribution in [3.63, 3.8) is 0 Å². The Morgan fingerprint density at radius 3 is 2.65 bits per heavy atom. The number of nitrogens with one attached hydrogen (secondary N) is 1. The molecule has 3 aromatic rings. The number of hydrogen-bond acceptors (Lipinski definition) is 4. The molecule has 5 nitrogen and oxygen atoms in total. The monoisotopic (exact) mass is 362 g/mol. The molecule has 0 atom stereocenters. The Balaban J connectivity index is 1.61. The number of nitriles is 1. The first-order chi connectivity index (χ1) is 12.8. The third-order valence-corrected chi connectivity index (χ3v) is 5.23. The molecule has 2 aromatic carbocycles. The third-order valence-electron chi connectivity index (χ3n) is 4.24. The van der Waals surface area contributed by atoms with Gasteiger partial charge in [0.05, 0.1) is 0 Å². The predicted molar refractivity (Wildman–Crippen MR) is 98.9 cm³/mol. The summed E-state index contributed by atoms with van der Waals surface area (Å²) in [5.41, 5.74) is 2.37. The Morgan fingerprint density at radius 2 is 1.92 bits per heavy atom. The Bertz CT molecular complexity index is 1040. The summed E-state index contributed by atoms with van der Waals surface area (Å²) in [5, 5.41) is 10.2. The molecule has 0 fully saturated rings. The molecule has 0 spiro atoms. The maximum absolute atomic E-state index is 12.5. The summed E-state index contributed by atoms with van der Waals surface area (Å²) < 4.78 is 7.42. The second-order valence-corrected chi connectivity index (χ2v) is 6.98. The molecule has 128 valence electrons. The largest absolute Gasteiger partial charge is 0.489 e. The lowest BCUT2D eigenvalue weighted by Gasteiger charge is -2.07. The van der Waals surface area contributed by atoms with E-state index in [4.69, 9.17) is 4.74 Å². The number of aromatic amines is 1. The maximum Gasteiger partial charge on any atom is 0.356 e. The highest BCUT2D eigenvalue weighted by Gasteiger charge is 2.28. The van der Waals surface area contributed by atoms with E-state index in [0.29, 0.717) is 18.8 Å². The molecular formula is C20H16N3O2S+. The summed E-state index contributed by atoms with van der Waals surface area (Å²) in [4.78, 5) is 15.7. The number of fused-ring (bicyclic) bond motifs is 1. The number of aromatic nitrogens is 2. The average Bonchev–Trinajstić information content (AvgIpc) is 3.17. The number of benzene rings is 2. The molecule has 0 unspecified atom stereocenters. The lowest BCUT2D eigenvalue weighted by molar-refractivity contribution is -0.425. The smallest absolute Gasteiger partial charge is 0.356 e. The summed E-state index contributed by atoms with van der Waals surface area (Å²) in [7, 11) is 0. The van der Waals surface area contributed by atoms with Gasteiger partial charge in [0.2, 0.25) is 0 Å². The molecule has 4 rings (SSSR count). The molecule has 0 bridgehead atoms. The highest BCUT2D eigenvalue weighted by molar-refractivity contribution is 7.99. The van der Waals surface area contributed by atoms with Crippen LogP contribution in [0.3, 0.4) is 0 Å². The molecule has 26 heavy (non-hydrogen) atoms. The molecule has 0 amide bonds. The number of ether oxygens (including phenoxy) is 1. The standard InChI is InChI=1S/C20H15N3O2S/c21-12-17-18(22-20-23(19(17)24)10-11-26-20)15-6-8-16(9-7-15)25-13-14-4-2-1-3-5-14/h1-9H,10-11,13H2/p+1. The van der Waals surface area contributed by atoms with E-state index in [-0.39, 0.29) is 11.1 Å². The Kier molecular flexibility index (Phi) is 4.46. The van der Waals surface area contributed by atoms with Crippen LogP contribution in [0.25, 0.3) is 11.3 Å². The van der Waals surface area contributed by atoms with Gasteiger partial charge in [-0.2, -0.15) is 9.83 Å². The van der Waals surface area contributed by atoms with E-state index in [9.17, 15) is 10.1 Å². The molecule has 1 aromatic heterocycles. The molecule has 1 N–H and O–H groups in total. The zero-order chi connectivity index (χ0) is 17.9. The summed E-state index contributed by atoms with van der Waals surface area (Å²) in [6.07, 6.45) is 0. The first kappa shape index (κ1) is 16.4. The number of thioether (sulfide) groups is 1. The lowest BCUT2D eigenvalue weighted by atomic mass is 10.1. The van der Waals surface area contributed by atoms with Crippen molar-refractivity contribution in [3.8, 4) is 23.1 Å². The number of hydrogen-bond donors (Lipinski definition) is 0. The van der Waals surface area contributed by atoms with Crippen molar-refractivity contribution < 1.29 is 9.72 Å². The number of rotatable bonds is 4. The molecule has 2 heterocycles. The van der Waals surface area contributed by atoms with Crippen LogP contribution in [0.5, 0.6) is 5.75 Å². The van der Waals surface area contributed by atoms with Crippen LogP contribution in [-0.4, -0.2) is 10.3 Å². The van der Waals surface area contributed by atoms with Gasteiger partial charge in [-0.25, -0.2) is 9.78 Å².